The summed E-state index contributed by atoms with van der Waals surface area (Å²) in [4.78, 5) is 9.11. The lowest BCUT2D eigenvalue weighted by atomic mass is 10.0. The SMILES string of the molecule is C=C(C=N/C=C\C)Nc1ccc(/C(=C/C)CN2NC(=NC(CCC)CCC)C=CC2=C)cc1. The van der Waals surface area contributed by atoms with Crippen molar-refractivity contribution < 1.29 is 0 Å². The van der Waals surface area contributed by atoms with E-state index in [0.29, 0.717) is 12.6 Å². The van der Waals surface area contributed by atoms with Crippen LogP contribution in [0.25, 0.3) is 5.57 Å². The van der Waals surface area contributed by atoms with Crippen LogP contribution < -0.4 is 10.7 Å². The summed E-state index contributed by atoms with van der Waals surface area (Å²) in [5.41, 5.74) is 8.46. The summed E-state index contributed by atoms with van der Waals surface area (Å²) in [7, 11) is 0. The topological polar surface area (TPSA) is 52.0 Å². The summed E-state index contributed by atoms with van der Waals surface area (Å²) in [6.45, 7) is 17.3. The number of anilines is 1. The second-order valence-electron chi connectivity index (χ2n) is 8.07. The van der Waals surface area contributed by atoms with E-state index in [0.717, 1.165) is 54.2 Å². The van der Waals surface area contributed by atoms with Gasteiger partial charge < -0.3 is 5.32 Å². The van der Waals surface area contributed by atoms with Crippen LogP contribution in [0.15, 0.2) is 89.3 Å². The fourth-order valence-corrected chi connectivity index (χ4v) is 3.59. The Balaban J connectivity index is 2.06. The third-order valence-corrected chi connectivity index (χ3v) is 5.30. The largest absolute Gasteiger partial charge is 0.355 e. The Morgan fingerprint density at radius 2 is 1.82 bits per heavy atom. The maximum Gasteiger partial charge on any atom is 0.140 e. The van der Waals surface area contributed by atoms with Crippen molar-refractivity contribution in [2.75, 3.05) is 11.9 Å². The van der Waals surface area contributed by atoms with Gasteiger partial charge in [0.2, 0.25) is 0 Å². The Bertz CT molecular complexity index is 926. The lowest BCUT2D eigenvalue weighted by molar-refractivity contribution is 0.347. The predicted octanol–water partition coefficient (Wildman–Crippen LogP) is 6.88. The highest BCUT2D eigenvalue weighted by molar-refractivity contribution is 5.94. The van der Waals surface area contributed by atoms with Crippen LogP contribution in [0, 0.1) is 0 Å². The highest BCUT2D eigenvalue weighted by Crippen LogP contribution is 2.21. The molecule has 0 atom stereocenters. The van der Waals surface area contributed by atoms with Crippen LogP contribution in [0.4, 0.5) is 5.69 Å². The van der Waals surface area contributed by atoms with Crippen molar-refractivity contribution >= 4 is 23.3 Å². The van der Waals surface area contributed by atoms with Gasteiger partial charge >= 0.3 is 0 Å². The molecule has 33 heavy (non-hydrogen) atoms. The van der Waals surface area contributed by atoms with Crippen LogP contribution in [0.1, 0.15) is 58.9 Å². The summed E-state index contributed by atoms with van der Waals surface area (Å²) < 4.78 is 0. The van der Waals surface area contributed by atoms with Gasteiger partial charge in [0.1, 0.15) is 5.84 Å². The zero-order chi connectivity index (χ0) is 24.1. The van der Waals surface area contributed by atoms with E-state index < -0.39 is 0 Å². The molecule has 1 aliphatic heterocycles. The fourth-order valence-electron chi connectivity index (χ4n) is 3.59. The molecule has 0 saturated heterocycles. The Labute approximate surface area is 200 Å². The molecular weight excluding hydrogens is 406 g/mol. The highest BCUT2D eigenvalue weighted by atomic mass is 15.5. The quantitative estimate of drug-likeness (QED) is 0.345. The zero-order valence-electron chi connectivity index (χ0n) is 20.6. The maximum absolute atomic E-state index is 4.96. The number of hydrogen-bond donors (Lipinski definition) is 2. The minimum atomic E-state index is 0.361. The number of hydrazine groups is 1. The van der Waals surface area contributed by atoms with Crippen molar-refractivity contribution in [1.29, 1.82) is 0 Å². The van der Waals surface area contributed by atoms with Crippen molar-refractivity contribution in [3.63, 3.8) is 0 Å². The van der Waals surface area contributed by atoms with Gasteiger partial charge in [-0.2, -0.15) is 0 Å². The van der Waals surface area contributed by atoms with E-state index >= 15 is 0 Å². The average Bonchev–Trinajstić information content (AvgIpc) is 2.80. The molecule has 0 radical (unpaired) electrons. The second-order valence-corrected chi connectivity index (χ2v) is 8.07. The first kappa shape index (κ1) is 25.9. The molecule has 1 heterocycles. The molecule has 2 rings (SSSR count). The minimum absolute atomic E-state index is 0.361. The molecule has 0 aromatic heterocycles. The molecule has 0 fully saturated rings. The molecule has 176 valence electrons. The van der Waals surface area contributed by atoms with Gasteiger partial charge in [-0.1, -0.05) is 64.1 Å². The van der Waals surface area contributed by atoms with Crippen molar-refractivity contribution in [3.8, 4) is 0 Å². The minimum Gasteiger partial charge on any atom is -0.355 e. The van der Waals surface area contributed by atoms with Gasteiger partial charge in [-0.15, -0.1) is 0 Å². The number of rotatable bonds is 12. The summed E-state index contributed by atoms with van der Waals surface area (Å²) >= 11 is 0. The summed E-state index contributed by atoms with van der Waals surface area (Å²) in [5.74, 6) is 0.905. The zero-order valence-corrected chi connectivity index (χ0v) is 20.6. The van der Waals surface area contributed by atoms with Gasteiger partial charge in [0.15, 0.2) is 0 Å². The van der Waals surface area contributed by atoms with Crippen LogP contribution in [0.2, 0.25) is 0 Å². The van der Waals surface area contributed by atoms with Crippen LogP contribution in [0.5, 0.6) is 0 Å². The highest BCUT2D eigenvalue weighted by Gasteiger charge is 2.16. The predicted molar refractivity (Wildman–Crippen MR) is 145 cm³/mol. The molecule has 5 nitrogen and oxygen atoms in total. The standard InChI is InChI=1S/C28H39N5/c1-7-11-26(12-8-2)31-28-18-13-23(6)33(32-28)21-24(10-4)25-14-16-27(17-15-25)30-22(5)20-29-19-9-3/h9-10,13-20,26,30H,5-8,11-12,21H2,1-4H3,(H,31,32)/b19-9-,24-10+,29-20?. The molecule has 5 heteroatoms. The van der Waals surface area contributed by atoms with Crippen molar-refractivity contribution in [2.45, 2.75) is 59.4 Å². The molecular formula is C28H39N5. The number of amidine groups is 1. The third-order valence-electron chi connectivity index (χ3n) is 5.30. The molecule has 2 N–H and O–H groups in total. The normalized spacial score (nSPS) is 15.8. The van der Waals surface area contributed by atoms with Gasteiger partial charge in [-0.3, -0.25) is 20.4 Å². The number of benzene rings is 1. The summed E-state index contributed by atoms with van der Waals surface area (Å²) in [5, 5.41) is 5.32. The first-order valence-corrected chi connectivity index (χ1v) is 11.9. The summed E-state index contributed by atoms with van der Waals surface area (Å²) in [6.07, 6.45) is 16.0. The van der Waals surface area contributed by atoms with E-state index in [-0.39, 0.29) is 0 Å². The Kier molecular flexibility index (Phi) is 10.9. The number of hydrogen-bond acceptors (Lipinski definition) is 4. The van der Waals surface area contributed by atoms with Gasteiger partial charge in [0.25, 0.3) is 0 Å². The maximum atomic E-state index is 4.96. The van der Waals surface area contributed by atoms with E-state index in [2.05, 4.69) is 85.0 Å². The number of nitrogens with zero attached hydrogens (tertiary/aromatic N) is 3. The average molecular weight is 446 g/mol. The molecule has 0 aliphatic carbocycles. The smallest absolute Gasteiger partial charge is 0.140 e. The van der Waals surface area contributed by atoms with Crippen LogP contribution in [0.3, 0.4) is 0 Å². The van der Waals surface area contributed by atoms with Crippen molar-refractivity contribution in [3.05, 3.63) is 84.9 Å². The van der Waals surface area contributed by atoms with E-state index in [1.807, 2.05) is 25.2 Å². The van der Waals surface area contributed by atoms with Crippen molar-refractivity contribution in [2.24, 2.45) is 9.98 Å². The van der Waals surface area contributed by atoms with Crippen molar-refractivity contribution in [1.82, 2.24) is 10.4 Å². The molecule has 1 aromatic rings. The molecule has 0 bridgehead atoms. The Morgan fingerprint density at radius 3 is 2.42 bits per heavy atom. The first-order chi connectivity index (χ1) is 16.0. The molecule has 0 saturated carbocycles. The van der Waals surface area contributed by atoms with E-state index in [1.165, 1.54) is 5.57 Å². The molecule has 0 amide bonds. The second kappa shape index (κ2) is 13.9. The van der Waals surface area contributed by atoms with E-state index in [4.69, 9.17) is 4.99 Å². The van der Waals surface area contributed by atoms with Crippen LogP contribution in [-0.2, 0) is 0 Å². The van der Waals surface area contributed by atoms with Gasteiger partial charge in [-0.25, -0.2) is 0 Å². The monoisotopic (exact) mass is 445 g/mol. The number of aliphatic imine (C=N–C) groups is 2. The summed E-state index contributed by atoms with van der Waals surface area (Å²) in [6, 6.07) is 8.70. The lowest BCUT2D eigenvalue weighted by Gasteiger charge is -2.31. The van der Waals surface area contributed by atoms with Crippen LogP contribution >= 0.6 is 0 Å². The number of allylic oxidation sites excluding steroid dienone is 4. The lowest BCUT2D eigenvalue weighted by Crippen LogP contribution is -2.44. The number of nitrogens with one attached hydrogen (secondary N) is 2. The molecule has 0 spiro atoms. The van der Waals surface area contributed by atoms with Crippen LogP contribution in [-0.4, -0.2) is 29.6 Å². The van der Waals surface area contributed by atoms with Gasteiger partial charge in [0, 0.05) is 23.8 Å². The molecule has 1 aliphatic rings. The first-order valence-electron chi connectivity index (χ1n) is 11.9. The molecule has 0 unspecified atom stereocenters. The van der Waals surface area contributed by atoms with Gasteiger partial charge in [-0.05, 0) is 62.1 Å². The van der Waals surface area contributed by atoms with Gasteiger partial charge in [0.05, 0.1) is 18.3 Å². The Morgan fingerprint density at radius 1 is 1.12 bits per heavy atom. The van der Waals surface area contributed by atoms with E-state index in [1.54, 1.807) is 12.4 Å². The molecule has 1 aromatic carbocycles. The third kappa shape index (κ3) is 8.60. The van der Waals surface area contributed by atoms with E-state index in [9.17, 15) is 0 Å². The fraction of sp³-hybridized carbons (Fsp3) is 0.357. The Hall–Kier alpha value is -3.34.